The minimum Gasteiger partial charge on any atom is -0.494 e. The quantitative estimate of drug-likeness (QED) is 0.878. The van der Waals surface area contributed by atoms with E-state index in [1.165, 1.54) is 5.56 Å². The summed E-state index contributed by atoms with van der Waals surface area (Å²) in [5.41, 5.74) is 9.77. The highest BCUT2D eigenvalue weighted by Gasteiger charge is 2.09. The lowest BCUT2D eigenvalue weighted by Gasteiger charge is -2.09. The van der Waals surface area contributed by atoms with E-state index in [0.29, 0.717) is 6.54 Å². The van der Waals surface area contributed by atoms with Crippen molar-refractivity contribution in [3.63, 3.8) is 0 Å². The van der Waals surface area contributed by atoms with Crippen molar-refractivity contribution in [3.05, 3.63) is 41.2 Å². The first-order valence-corrected chi connectivity index (χ1v) is 5.56. The lowest BCUT2D eigenvalue weighted by Crippen LogP contribution is -1.99. The summed E-state index contributed by atoms with van der Waals surface area (Å²) in [6.07, 6.45) is 1.95. The van der Waals surface area contributed by atoms with E-state index in [1.54, 1.807) is 7.11 Å². The van der Waals surface area contributed by atoms with Crippen LogP contribution in [0.25, 0.3) is 5.69 Å². The van der Waals surface area contributed by atoms with Crippen molar-refractivity contribution in [1.29, 1.82) is 0 Å². The van der Waals surface area contributed by atoms with Gasteiger partial charge < -0.3 is 10.5 Å². The van der Waals surface area contributed by atoms with Gasteiger partial charge in [-0.1, -0.05) is 6.07 Å². The fourth-order valence-electron chi connectivity index (χ4n) is 1.80. The van der Waals surface area contributed by atoms with Crippen molar-refractivity contribution >= 4 is 0 Å². The van der Waals surface area contributed by atoms with Gasteiger partial charge in [0, 0.05) is 18.3 Å². The summed E-state index contributed by atoms with van der Waals surface area (Å²) in [5.74, 6) is 0.807. The molecule has 0 amide bonds. The molecule has 2 rings (SSSR count). The van der Waals surface area contributed by atoms with E-state index in [-0.39, 0.29) is 0 Å². The van der Waals surface area contributed by atoms with E-state index in [2.05, 4.69) is 5.10 Å². The minimum absolute atomic E-state index is 0.500. The van der Waals surface area contributed by atoms with E-state index in [0.717, 1.165) is 22.7 Å². The lowest BCUT2D eigenvalue weighted by molar-refractivity contribution is 0.411. The standard InChI is InChI=1S/C13H17N3O/c1-9-4-5-13(17-3)12(6-9)16-8-11(7-14)10(2)15-16/h4-6,8H,7,14H2,1-3H3. The lowest BCUT2D eigenvalue weighted by atomic mass is 10.2. The van der Waals surface area contributed by atoms with Gasteiger partial charge in [-0.25, -0.2) is 4.68 Å². The average Bonchev–Trinajstić information content (AvgIpc) is 2.70. The molecule has 1 aromatic carbocycles. The number of benzene rings is 1. The van der Waals surface area contributed by atoms with Crippen molar-refractivity contribution in [2.45, 2.75) is 20.4 Å². The molecule has 0 saturated heterocycles. The van der Waals surface area contributed by atoms with Crippen LogP contribution in [-0.4, -0.2) is 16.9 Å². The number of hydrogen-bond donors (Lipinski definition) is 1. The van der Waals surface area contributed by atoms with Crippen molar-refractivity contribution in [3.8, 4) is 11.4 Å². The van der Waals surface area contributed by atoms with Gasteiger partial charge in [0.05, 0.1) is 12.8 Å². The Morgan fingerprint density at radius 3 is 2.71 bits per heavy atom. The average molecular weight is 231 g/mol. The molecule has 4 nitrogen and oxygen atoms in total. The highest BCUT2D eigenvalue weighted by atomic mass is 16.5. The predicted octanol–water partition coefficient (Wildman–Crippen LogP) is 1.96. The second kappa shape index (κ2) is 4.59. The van der Waals surface area contributed by atoms with Crippen LogP contribution in [0.1, 0.15) is 16.8 Å². The molecule has 1 aromatic heterocycles. The van der Waals surface area contributed by atoms with Crippen molar-refractivity contribution in [2.75, 3.05) is 7.11 Å². The fourth-order valence-corrected chi connectivity index (χ4v) is 1.80. The molecule has 0 aliphatic rings. The number of hydrogen-bond acceptors (Lipinski definition) is 3. The molecule has 0 atom stereocenters. The highest BCUT2D eigenvalue weighted by Crippen LogP contribution is 2.24. The minimum atomic E-state index is 0.500. The van der Waals surface area contributed by atoms with Gasteiger partial charge in [0.25, 0.3) is 0 Å². The molecule has 1 heterocycles. The maximum atomic E-state index is 5.66. The normalized spacial score (nSPS) is 10.6. The summed E-state index contributed by atoms with van der Waals surface area (Å²) in [7, 11) is 1.66. The molecular weight excluding hydrogens is 214 g/mol. The van der Waals surface area contributed by atoms with Crippen LogP contribution < -0.4 is 10.5 Å². The molecule has 0 spiro atoms. The molecule has 0 unspecified atom stereocenters. The molecule has 4 heteroatoms. The van der Waals surface area contributed by atoms with E-state index in [1.807, 2.05) is 42.9 Å². The second-order valence-corrected chi connectivity index (χ2v) is 4.06. The van der Waals surface area contributed by atoms with Crippen LogP contribution in [0.4, 0.5) is 0 Å². The van der Waals surface area contributed by atoms with Crippen molar-refractivity contribution in [1.82, 2.24) is 9.78 Å². The second-order valence-electron chi connectivity index (χ2n) is 4.06. The summed E-state index contributed by atoms with van der Waals surface area (Å²) in [6.45, 7) is 4.50. The Kier molecular flexibility index (Phi) is 3.15. The number of nitrogens with two attached hydrogens (primary N) is 1. The summed E-state index contributed by atoms with van der Waals surface area (Å²) in [6, 6.07) is 6.01. The highest BCUT2D eigenvalue weighted by molar-refractivity contribution is 5.48. The van der Waals surface area contributed by atoms with Crippen LogP contribution in [0.3, 0.4) is 0 Å². The number of methoxy groups -OCH3 is 1. The van der Waals surface area contributed by atoms with E-state index >= 15 is 0 Å². The molecule has 17 heavy (non-hydrogen) atoms. The Hall–Kier alpha value is -1.81. The number of nitrogens with zero attached hydrogens (tertiary/aromatic N) is 2. The number of ether oxygens (including phenoxy) is 1. The summed E-state index contributed by atoms with van der Waals surface area (Å²) < 4.78 is 7.17. The first kappa shape index (κ1) is 11.7. The predicted molar refractivity (Wildman–Crippen MR) is 67.5 cm³/mol. The maximum absolute atomic E-state index is 5.66. The maximum Gasteiger partial charge on any atom is 0.144 e. The Labute approximate surface area is 101 Å². The monoisotopic (exact) mass is 231 g/mol. The summed E-state index contributed by atoms with van der Waals surface area (Å²) in [4.78, 5) is 0. The smallest absolute Gasteiger partial charge is 0.144 e. The molecule has 0 aliphatic carbocycles. The van der Waals surface area contributed by atoms with Crippen molar-refractivity contribution in [2.24, 2.45) is 5.73 Å². The van der Waals surface area contributed by atoms with Gasteiger partial charge in [-0.15, -0.1) is 0 Å². The number of rotatable bonds is 3. The van der Waals surface area contributed by atoms with Crippen LogP contribution in [-0.2, 0) is 6.54 Å². The van der Waals surface area contributed by atoms with Gasteiger partial charge >= 0.3 is 0 Å². The van der Waals surface area contributed by atoms with Gasteiger partial charge in [0.15, 0.2) is 0 Å². The van der Waals surface area contributed by atoms with Crippen LogP contribution in [0.2, 0.25) is 0 Å². The first-order chi connectivity index (χ1) is 8.15. The number of aromatic nitrogens is 2. The molecule has 2 aromatic rings. The van der Waals surface area contributed by atoms with Gasteiger partial charge in [0.2, 0.25) is 0 Å². The van der Waals surface area contributed by atoms with E-state index < -0.39 is 0 Å². The Morgan fingerprint density at radius 1 is 1.35 bits per heavy atom. The van der Waals surface area contributed by atoms with Gasteiger partial charge in [-0.3, -0.25) is 0 Å². The molecule has 0 bridgehead atoms. The molecular formula is C13H17N3O. The number of aryl methyl sites for hydroxylation is 2. The summed E-state index contributed by atoms with van der Waals surface area (Å²) in [5, 5.41) is 4.46. The Morgan fingerprint density at radius 2 is 2.12 bits per heavy atom. The first-order valence-electron chi connectivity index (χ1n) is 5.56. The Balaban J connectivity index is 2.54. The zero-order valence-electron chi connectivity index (χ0n) is 10.4. The molecule has 90 valence electrons. The molecule has 0 fully saturated rings. The van der Waals surface area contributed by atoms with Gasteiger partial charge in [0.1, 0.15) is 11.4 Å². The topological polar surface area (TPSA) is 53.1 Å². The molecule has 0 radical (unpaired) electrons. The van der Waals surface area contributed by atoms with Gasteiger partial charge in [-0.2, -0.15) is 5.10 Å². The van der Waals surface area contributed by atoms with Crippen molar-refractivity contribution < 1.29 is 4.74 Å². The van der Waals surface area contributed by atoms with E-state index in [9.17, 15) is 0 Å². The fraction of sp³-hybridized carbons (Fsp3) is 0.308. The molecule has 2 N–H and O–H groups in total. The molecule has 0 saturated carbocycles. The zero-order chi connectivity index (χ0) is 12.4. The van der Waals surface area contributed by atoms with Crippen LogP contribution >= 0.6 is 0 Å². The van der Waals surface area contributed by atoms with Crippen LogP contribution in [0.5, 0.6) is 5.75 Å². The van der Waals surface area contributed by atoms with Crippen LogP contribution in [0, 0.1) is 13.8 Å². The van der Waals surface area contributed by atoms with E-state index in [4.69, 9.17) is 10.5 Å². The third kappa shape index (κ3) is 2.17. The largest absolute Gasteiger partial charge is 0.494 e. The summed E-state index contributed by atoms with van der Waals surface area (Å²) >= 11 is 0. The molecule has 0 aliphatic heterocycles. The third-order valence-corrected chi connectivity index (χ3v) is 2.80. The Bertz CT molecular complexity index is 531. The van der Waals surface area contributed by atoms with Gasteiger partial charge in [-0.05, 0) is 31.5 Å². The SMILES string of the molecule is COc1ccc(C)cc1-n1cc(CN)c(C)n1. The zero-order valence-corrected chi connectivity index (χ0v) is 10.4. The third-order valence-electron chi connectivity index (χ3n) is 2.80. The van der Waals surface area contributed by atoms with Crippen LogP contribution in [0.15, 0.2) is 24.4 Å².